The van der Waals surface area contributed by atoms with Gasteiger partial charge in [-0.15, -0.1) is 0 Å². The minimum atomic E-state index is -0.0236. The predicted molar refractivity (Wildman–Crippen MR) is 77.2 cm³/mol. The normalized spacial score (nSPS) is 20.1. The second-order valence-electron chi connectivity index (χ2n) is 4.59. The summed E-state index contributed by atoms with van der Waals surface area (Å²) >= 11 is 0. The summed E-state index contributed by atoms with van der Waals surface area (Å²) in [4.78, 5) is 4.26. The van der Waals surface area contributed by atoms with Gasteiger partial charge in [-0.2, -0.15) is 5.26 Å². The van der Waals surface area contributed by atoms with Gasteiger partial charge in [0.05, 0.1) is 12.8 Å². The molecular weight excluding hydrogens is 250 g/mol. The molecule has 0 bridgehead atoms. The molecule has 0 saturated carbocycles. The van der Waals surface area contributed by atoms with Crippen molar-refractivity contribution in [1.82, 2.24) is 0 Å². The Kier molecular flexibility index (Phi) is 2.88. The molecule has 1 aromatic rings. The van der Waals surface area contributed by atoms with E-state index in [-0.39, 0.29) is 5.92 Å². The van der Waals surface area contributed by atoms with Crippen LogP contribution in [0.15, 0.2) is 64.3 Å². The van der Waals surface area contributed by atoms with Gasteiger partial charge in [-0.3, -0.25) is 0 Å². The number of ether oxygens (including phenoxy) is 1. The fourth-order valence-electron chi connectivity index (χ4n) is 2.54. The number of hydrogen-bond acceptors (Lipinski definition) is 4. The van der Waals surface area contributed by atoms with Gasteiger partial charge in [0.2, 0.25) is 0 Å². The van der Waals surface area contributed by atoms with Gasteiger partial charge < -0.3 is 10.5 Å². The van der Waals surface area contributed by atoms with Crippen molar-refractivity contribution < 1.29 is 4.74 Å². The van der Waals surface area contributed by atoms with Gasteiger partial charge in [0.1, 0.15) is 23.2 Å². The van der Waals surface area contributed by atoms with E-state index in [1.165, 1.54) is 0 Å². The van der Waals surface area contributed by atoms with Crippen LogP contribution in [0, 0.1) is 11.3 Å². The zero-order valence-corrected chi connectivity index (χ0v) is 11.0. The Morgan fingerprint density at radius 2 is 2.25 bits per heavy atom. The molecule has 0 fully saturated rings. The van der Waals surface area contributed by atoms with E-state index in [2.05, 4.69) is 11.1 Å². The molecule has 0 radical (unpaired) electrons. The fraction of sp³-hybridized carbons (Fsp3) is 0.125. The number of nitrogens with two attached hydrogens (primary N) is 1. The SMILES string of the molecule is COc1cccc(C2C=CC=C3N=C(N)C(C#N)=C32)c1. The number of hydrogen-bond donors (Lipinski definition) is 1. The van der Waals surface area contributed by atoms with Crippen molar-refractivity contribution in [3.05, 3.63) is 64.9 Å². The second kappa shape index (κ2) is 4.71. The smallest absolute Gasteiger partial charge is 0.142 e. The highest BCUT2D eigenvalue weighted by atomic mass is 16.5. The maximum Gasteiger partial charge on any atom is 0.142 e. The van der Waals surface area contributed by atoms with E-state index in [9.17, 15) is 5.26 Å². The van der Waals surface area contributed by atoms with Crippen LogP contribution in [0.1, 0.15) is 11.5 Å². The highest BCUT2D eigenvalue weighted by Crippen LogP contribution is 2.40. The van der Waals surface area contributed by atoms with Crippen molar-refractivity contribution in [3.8, 4) is 11.8 Å². The minimum Gasteiger partial charge on any atom is -0.497 e. The summed E-state index contributed by atoms with van der Waals surface area (Å²) in [5.41, 5.74) is 8.99. The summed E-state index contributed by atoms with van der Waals surface area (Å²) in [5.74, 6) is 1.06. The average Bonchev–Trinajstić information content (AvgIpc) is 2.82. The zero-order chi connectivity index (χ0) is 14.1. The van der Waals surface area contributed by atoms with Crippen molar-refractivity contribution in [2.45, 2.75) is 5.92 Å². The number of nitriles is 1. The molecule has 3 rings (SSSR count). The number of allylic oxidation sites excluding steroid dienone is 4. The highest BCUT2D eigenvalue weighted by Gasteiger charge is 2.29. The van der Waals surface area contributed by atoms with Crippen LogP contribution in [0.3, 0.4) is 0 Å². The first-order valence-corrected chi connectivity index (χ1v) is 6.26. The van der Waals surface area contributed by atoms with Gasteiger partial charge in [-0.1, -0.05) is 24.3 Å². The standard InChI is InChI=1S/C16H13N3O/c1-20-11-5-2-4-10(8-11)12-6-3-7-14-15(12)13(9-17)16(18)19-14/h2-8,12H,1H3,(H2,18,19). The van der Waals surface area contributed by atoms with Crippen molar-refractivity contribution in [2.75, 3.05) is 7.11 Å². The molecule has 4 nitrogen and oxygen atoms in total. The van der Waals surface area contributed by atoms with Gasteiger partial charge >= 0.3 is 0 Å². The Hall–Kier alpha value is -2.80. The van der Waals surface area contributed by atoms with E-state index in [1.54, 1.807) is 7.11 Å². The molecule has 4 heteroatoms. The molecule has 2 aliphatic rings. The molecule has 2 N–H and O–H groups in total. The average molecular weight is 263 g/mol. The third kappa shape index (κ3) is 1.81. The zero-order valence-electron chi connectivity index (χ0n) is 11.0. The molecule has 0 spiro atoms. The number of benzene rings is 1. The Morgan fingerprint density at radius 3 is 3.00 bits per heavy atom. The number of fused-ring (bicyclic) bond motifs is 1. The first-order chi connectivity index (χ1) is 9.74. The fourth-order valence-corrected chi connectivity index (χ4v) is 2.54. The molecule has 0 aromatic heterocycles. The molecule has 1 aliphatic heterocycles. The monoisotopic (exact) mass is 263 g/mol. The van der Waals surface area contributed by atoms with Gasteiger partial charge in [-0.25, -0.2) is 4.99 Å². The lowest BCUT2D eigenvalue weighted by Crippen LogP contribution is -2.12. The Balaban J connectivity index is 2.11. The maximum absolute atomic E-state index is 9.30. The second-order valence-corrected chi connectivity index (χ2v) is 4.59. The van der Waals surface area contributed by atoms with Crippen LogP contribution in [0.5, 0.6) is 5.75 Å². The molecule has 98 valence electrons. The van der Waals surface area contributed by atoms with E-state index in [0.717, 1.165) is 22.6 Å². The summed E-state index contributed by atoms with van der Waals surface area (Å²) in [7, 11) is 1.64. The Morgan fingerprint density at radius 1 is 1.40 bits per heavy atom. The highest BCUT2D eigenvalue weighted by molar-refractivity contribution is 6.06. The van der Waals surface area contributed by atoms with Gasteiger partial charge in [0.25, 0.3) is 0 Å². The van der Waals surface area contributed by atoms with E-state index in [1.807, 2.05) is 42.5 Å². The van der Waals surface area contributed by atoms with Crippen LogP contribution >= 0.6 is 0 Å². The van der Waals surface area contributed by atoms with Crippen molar-refractivity contribution in [2.24, 2.45) is 10.7 Å². The van der Waals surface area contributed by atoms with Gasteiger partial charge in [0.15, 0.2) is 0 Å². The van der Waals surface area contributed by atoms with E-state index in [4.69, 9.17) is 10.5 Å². The van der Waals surface area contributed by atoms with Gasteiger partial charge in [0, 0.05) is 11.5 Å². The summed E-state index contributed by atoms with van der Waals surface area (Å²) in [6, 6.07) is 9.97. The first-order valence-electron chi connectivity index (χ1n) is 6.26. The summed E-state index contributed by atoms with van der Waals surface area (Å²) < 4.78 is 5.26. The summed E-state index contributed by atoms with van der Waals surface area (Å²) in [5, 5.41) is 9.30. The molecule has 1 aliphatic carbocycles. The first kappa shape index (κ1) is 12.2. The lowest BCUT2D eigenvalue weighted by atomic mass is 9.84. The Bertz CT molecular complexity index is 732. The molecule has 0 saturated heterocycles. The van der Waals surface area contributed by atoms with Crippen LogP contribution in [-0.2, 0) is 0 Å². The largest absolute Gasteiger partial charge is 0.497 e. The summed E-state index contributed by atoms with van der Waals surface area (Å²) in [6.07, 6.45) is 5.86. The third-order valence-corrected chi connectivity index (χ3v) is 3.48. The van der Waals surface area contributed by atoms with Crippen LogP contribution in [0.25, 0.3) is 0 Å². The molecule has 20 heavy (non-hydrogen) atoms. The lowest BCUT2D eigenvalue weighted by molar-refractivity contribution is 0.414. The molecule has 0 amide bonds. The van der Waals surface area contributed by atoms with E-state index >= 15 is 0 Å². The van der Waals surface area contributed by atoms with Crippen LogP contribution < -0.4 is 10.5 Å². The predicted octanol–water partition coefficient (Wildman–Crippen LogP) is 2.42. The van der Waals surface area contributed by atoms with E-state index < -0.39 is 0 Å². The Labute approximate surface area is 117 Å². The minimum absolute atomic E-state index is 0.0236. The van der Waals surface area contributed by atoms with E-state index in [0.29, 0.717) is 11.4 Å². The molecule has 1 unspecified atom stereocenters. The number of rotatable bonds is 2. The van der Waals surface area contributed by atoms with Crippen molar-refractivity contribution in [1.29, 1.82) is 5.26 Å². The molecule has 1 aromatic carbocycles. The van der Waals surface area contributed by atoms with Crippen molar-refractivity contribution >= 4 is 5.84 Å². The number of aliphatic imine (C=N–C) groups is 1. The summed E-state index contributed by atoms with van der Waals surface area (Å²) in [6.45, 7) is 0. The lowest BCUT2D eigenvalue weighted by Gasteiger charge is -2.19. The topological polar surface area (TPSA) is 71.4 Å². The van der Waals surface area contributed by atoms with Crippen LogP contribution in [0.2, 0.25) is 0 Å². The third-order valence-electron chi connectivity index (χ3n) is 3.48. The number of methoxy groups -OCH3 is 1. The quantitative estimate of drug-likeness (QED) is 0.890. The van der Waals surface area contributed by atoms with Crippen LogP contribution in [-0.4, -0.2) is 12.9 Å². The molecule has 1 heterocycles. The molecule has 1 atom stereocenters. The maximum atomic E-state index is 9.30. The number of amidine groups is 1. The van der Waals surface area contributed by atoms with Gasteiger partial charge in [-0.05, 0) is 23.8 Å². The van der Waals surface area contributed by atoms with Crippen LogP contribution in [0.4, 0.5) is 0 Å². The number of nitrogens with zero attached hydrogens (tertiary/aromatic N) is 2. The molecular formula is C16H13N3O. The van der Waals surface area contributed by atoms with Crippen molar-refractivity contribution in [3.63, 3.8) is 0 Å².